The van der Waals surface area contributed by atoms with Gasteiger partial charge >= 0.3 is 0 Å². The topological polar surface area (TPSA) is 96.9 Å². The molecule has 2 N–H and O–H groups in total. The van der Waals surface area contributed by atoms with E-state index in [1.807, 2.05) is 12.1 Å². The van der Waals surface area contributed by atoms with Gasteiger partial charge in [-0.05, 0) is 36.4 Å². The van der Waals surface area contributed by atoms with E-state index in [0.717, 1.165) is 17.8 Å². The normalized spacial score (nSPS) is 14.2. The van der Waals surface area contributed by atoms with E-state index in [9.17, 15) is 18.8 Å². The van der Waals surface area contributed by atoms with Gasteiger partial charge in [-0.2, -0.15) is 0 Å². The number of anilines is 1. The zero-order valence-corrected chi connectivity index (χ0v) is 15.4. The van der Waals surface area contributed by atoms with Crippen molar-refractivity contribution in [2.75, 3.05) is 31.1 Å². The number of carbonyl (C=O) groups excluding carboxylic acids is 2. The SMILES string of the molecule is NC(=O)c1ccc(N2CCN(C(=O)c3cc(=O)c4ccc(F)cc4o3)CC2)cc1. The lowest BCUT2D eigenvalue weighted by molar-refractivity contribution is 0.0715. The molecule has 1 saturated heterocycles. The Hall–Kier alpha value is -3.68. The standard InChI is InChI=1S/C21H18FN3O4/c22-14-3-6-16-17(26)12-19(29-18(16)11-14)21(28)25-9-7-24(8-10-25)15-4-1-13(2-5-15)20(23)27/h1-6,11-12H,7-10H2,(H2,23,27). The van der Waals surface area contributed by atoms with E-state index in [1.165, 1.54) is 12.1 Å². The van der Waals surface area contributed by atoms with Crippen LogP contribution in [0.3, 0.4) is 0 Å². The Kier molecular flexibility index (Phi) is 4.75. The van der Waals surface area contributed by atoms with Crippen LogP contribution in [0.5, 0.6) is 0 Å². The number of benzene rings is 2. The van der Waals surface area contributed by atoms with Crippen LogP contribution in [0.1, 0.15) is 20.9 Å². The fourth-order valence-corrected chi connectivity index (χ4v) is 3.39. The van der Waals surface area contributed by atoms with Crippen molar-refractivity contribution in [3.8, 4) is 0 Å². The van der Waals surface area contributed by atoms with Gasteiger partial charge in [0.1, 0.15) is 11.4 Å². The first kappa shape index (κ1) is 18.7. The van der Waals surface area contributed by atoms with Crippen LogP contribution in [-0.2, 0) is 0 Å². The highest BCUT2D eigenvalue weighted by atomic mass is 19.1. The molecule has 1 aromatic heterocycles. The lowest BCUT2D eigenvalue weighted by Gasteiger charge is -2.35. The number of piperazine rings is 1. The molecule has 0 radical (unpaired) electrons. The van der Waals surface area contributed by atoms with Crippen molar-refractivity contribution in [1.82, 2.24) is 4.90 Å². The molecule has 4 rings (SSSR count). The summed E-state index contributed by atoms with van der Waals surface area (Å²) in [7, 11) is 0. The summed E-state index contributed by atoms with van der Waals surface area (Å²) in [5.41, 5.74) is 6.28. The molecule has 0 atom stereocenters. The highest BCUT2D eigenvalue weighted by molar-refractivity contribution is 5.94. The third-order valence-corrected chi connectivity index (χ3v) is 4.99. The molecule has 29 heavy (non-hydrogen) atoms. The summed E-state index contributed by atoms with van der Waals surface area (Å²) in [6.07, 6.45) is 0. The zero-order chi connectivity index (χ0) is 20.5. The van der Waals surface area contributed by atoms with Crippen LogP contribution in [0.15, 0.2) is 57.7 Å². The first-order valence-electron chi connectivity index (χ1n) is 9.10. The minimum Gasteiger partial charge on any atom is -0.451 e. The van der Waals surface area contributed by atoms with Gasteiger partial charge in [-0.1, -0.05) is 0 Å². The van der Waals surface area contributed by atoms with Gasteiger partial charge < -0.3 is 20.0 Å². The second-order valence-electron chi connectivity index (χ2n) is 6.81. The third-order valence-electron chi connectivity index (χ3n) is 4.99. The molecule has 0 spiro atoms. The minimum absolute atomic E-state index is 0.0500. The Balaban J connectivity index is 1.48. The molecule has 2 aromatic carbocycles. The van der Waals surface area contributed by atoms with E-state index < -0.39 is 17.6 Å². The average molecular weight is 395 g/mol. The average Bonchev–Trinajstić information content (AvgIpc) is 2.73. The Bertz CT molecular complexity index is 1150. The molecule has 1 fully saturated rings. The van der Waals surface area contributed by atoms with Crippen LogP contribution in [0.2, 0.25) is 0 Å². The van der Waals surface area contributed by atoms with Gasteiger partial charge in [0, 0.05) is 49.6 Å². The fourth-order valence-electron chi connectivity index (χ4n) is 3.39. The summed E-state index contributed by atoms with van der Waals surface area (Å²) in [6, 6.07) is 11.7. The molecule has 0 aliphatic carbocycles. The Morgan fingerprint density at radius 1 is 0.966 bits per heavy atom. The number of rotatable bonds is 3. The van der Waals surface area contributed by atoms with Crippen molar-refractivity contribution < 1.29 is 18.4 Å². The molecule has 7 nitrogen and oxygen atoms in total. The van der Waals surface area contributed by atoms with Gasteiger partial charge in [0.05, 0.1) is 5.39 Å². The van der Waals surface area contributed by atoms with Gasteiger partial charge in [-0.15, -0.1) is 0 Å². The molecule has 0 unspecified atom stereocenters. The number of hydrogen-bond acceptors (Lipinski definition) is 5. The van der Waals surface area contributed by atoms with Gasteiger partial charge in [0.15, 0.2) is 11.2 Å². The van der Waals surface area contributed by atoms with Crippen molar-refractivity contribution in [3.63, 3.8) is 0 Å². The molecular weight excluding hydrogens is 377 g/mol. The Labute approximate surface area is 165 Å². The van der Waals surface area contributed by atoms with E-state index in [2.05, 4.69) is 4.90 Å². The number of nitrogens with zero attached hydrogens (tertiary/aromatic N) is 2. The second kappa shape index (κ2) is 7.38. The molecule has 1 aliphatic heterocycles. The quantitative estimate of drug-likeness (QED) is 0.732. The molecular formula is C21H18FN3O4. The summed E-state index contributed by atoms with van der Waals surface area (Å²) >= 11 is 0. The van der Waals surface area contributed by atoms with Gasteiger partial charge in [-0.25, -0.2) is 4.39 Å². The van der Waals surface area contributed by atoms with Crippen molar-refractivity contribution >= 4 is 28.5 Å². The Morgan fingerprint density at radius 2 is 1.66 bits per heavy atom. The van der Waals surface area contributed by atoms with Crippen LogP contribution in [-0.4, -0.2) is 42.9 Å². The molecule has 8 heteroatoms. The molecule has 2 heterocycles. The fraction of sp³-hybridized carbons (Fsp3) is 0.190. The van der Waals surface area contributed by atoms with Crippen LogP contribution in [0.25, 0.3) is 11.0 Å². The van der Waals surface area contributed by atoms with E-state index in [4.69, 9.17) is 10.2 Å². The summed E-state index contributed by atoms with van der Waals surface area (Å²) in [5, 5.41) is 0.229. The van der Waals surface area contributed by atoms with E-state index in [0.29, 0.717) is 31.7 Å². The minimum atomic E-state index is -0.541. The lowest BCUT2D eigenvalue weighted by atomic mass is 10.1. The molecule has 1 aliphatic rings. The Morgan fingerprint density at radius 3 is 2.31 bits per heavy atom. The van der Waals surface area contributed by atoms with Crippen LogP contribution in [0, 0.1) is 5.82 Å². The maximum atomic E-state index is 13.4. The van der Waals surface area contributed by atoms with Gasteiger partial charge in [0.25, 0.3) is 5.91 Å². The van der Waals surface area contributed by atoms with E-state index in [-0.39, 0.29) is 22.2 Å². The van der Waals surface area contributed by atoms with Gasteiger partial charge in [-0.3, -0.25) is 14.4 Å². The van der Waals surface area contributed by atoms with Crippen molar-refractivity contribution in [3.05, 3.63) is 75.9 Å². The number of carbonyl (C=O) groups is 2. The largest absolute Gasteiger partial charge is 0.451 e. The smallest absolute Gasteiger partial charge is 0.289 e. The molecule has 2 amide bonds. The number of halogens is 1. The number of fused-ring (bicyclic) bond motifs is 1. The summed E-state index contributed by atoms with van der Waals surface area (Å²) in [6.45, 7) is 2.02. The highest BCUT2D eigenvalue weighted by Gasteiger charge is 2.24. The lowest BCUT2D eigenvalue weighted by Crippen LogP contribution is -2.48. The summed E-state index contributed by atoms with van der Waals surface area (Å²) in [4.78, 5) is 39.8. The maximum absolute atomic E-state index is 13.4. The number of primary amides is 1. The summed E-state index contributed by atoms with van der Waals surface area (Å²) in [5.74, 6) is -1.53. The van der Waals surface area contributed by atoms with Crippen LogP contribution < -0.4 is 16.1 Å². The first-order valence-corrected chi connectivity index (χ1v) is 9.10. The second-order valence-corrected chi connectivity index (χ2v) is 6.81. The highest BCUT2D eigenvalue weighted by Crippen LogP contribution is 2.19. The van der Waals surface area contributed by atoms with Crippen LogP contribution >= 0.6 is 0 Å². The van der Waals surface area contributed by atoms with Crippen LogP contribution in [0.4, 0.5) is 10.1 Å². The maximum Gasteiger partial charge on any atom is 0.289 e. The molecule has 0 saturated carbocycles. The summed E-state index contributed by atoms with van der Waals surface area (Å²) < 4.78 is 18.9. The number of amides is 2. The first-order chi connectivity index (χ1) is 13.9. The van der Waals surface area contributed by atoms with Crippen molar-refractivity contribution in [1.29, 1.82) is 0 Å². The molecule has 3 aromatic rings. The zero-order valence-electron chi connectivity index (χ0n) is 15.4. The monoisotopic (exact) mass is 395 g/mol. The van der Waals surface area contributed by atoms with Crippen molar-refractivity contribution in [2.24, 2.45) is 5.73 Å². The molecule has 148 valence electrons. The number of hydrogen-bond donors (Lipinski definition) is 1. The van der Waals surface area contributed by atoms with E-state index >= 15 is 0 Å². The third kappa shape index (κ3) is 3.69. The predicted molar refractivity (Wildman–Crippen MR) is 106 cm³/mol. The molecule has 0 bridgehead atoms. The van der Waals surface area contributed by atoms with Crippen molar-refractivity contribution in [2.45, 2.75) is 0 Å². The van der Waals surface area contributed by atoms with Gasteiger partial charge in [0.2, 0.25) is 5.91 Å². The van der Waals surface area contributed by atoms with E-state index in [1.54, 1.807) is 17.0 Å². The predicted octanol–water partition coefficient (Wildman–Crippen LogP) is 1.99. The number of nitrogens with two attached hydrogens (primary N) is 1.